The number of amides is 2. The highest BCUT2D eigenvalue weighted by Gasteiger charge is 2.47. The van der Waals surface area contributed by atoms with Gasteiger partial charge in [0.25, 0.3) is 5.91 Å². The quantitative estimate of drug-likeness (QED) is 0.908. The molecule has 0 radical (unpaired) electrons. The van der Waals surface area contributed by atoms with Crippen molar-refractivity contribution in [1.29, 1.82) is 0 Å². The summed E-state index contributed by atoms with van der Waals surface area (Å²) in [4.78, 5) is 26.9. The molecule has 21 heavy (non-hydrogen) atoms. The van der Waals surface area contributed by atoms with Crippen LogP contribution in [0, 0.1) is 6.92 Å². The van der Waals surface area contributed by atoms with E-state index in [1.807, 2.05) is 39.0 Å². The Morgan fingerprint density at radius 3 is 2.43 bits per heavy atom. The van der Waals surface area contributed by atoms with Crippen LogP contribution in [0.5, 0.6) is 0 Å². The molecule has 1 aliphatic heterocycles. The average molecular weight is 353 g/mol. The summed E-state index contributed by atoms with van der Waals surface area (Å²) in [6.07, 6.45) is 1.18. The molecule has 1 aromatic carbocycles. The molecule has 1 N–H and O–H groups in total. The second-order valence-electron chi connectivity index (χ2n) is 5.56. The van der Waals surface area contributed by atoms with E-state index in [1.165, 1.54) is 0 Å². The molecule has 0 spiro atoms. The molecule has 1 saturated heterocycles. The van der Waals surface area contributed by atoms with Crippen LogP contribution in [0.15, 0.2) is 22.7 Å². The number of halogens is 1. The first-order valence-electron chi connectivity index (χ1n) is 7.28. The van der Waals surface area contributed by atoms with Gasteiger partial charge in [-0.3, -0.25) is 14.5 Å². The van der Waals surface area contributed by atoms with Gasteiger partial charge in [0.15, 0.2) is 0 Å². The van der Waals surface area contributed by atoms with Crippen LogP contribution in [-0.2, 0) is 9.59 Å². The second-order valence-corrected chi connectivity index (χ2v) is 6.42. The zero-order chi connectivity index (χ0) is 15.8. The summed E-state index contributed by atoms with van der Waals surface area (Å²) >= 11 is 3.46. The van der Waals surface area contributed by atoms with Crippen LogP contribution in [0.3, 0.4) is 0 Å². The molecule has 1 aromatic rings. The summed E-state index contributed by atoms with van der Waals surface area (Å²) in [5, 5.41) is 2.92. The first-order chi connectivity index (χ1) is 9.86. The highest BCUT2D eigenvalue weighted by Crippen LogP contribution is 2.31. The van der Waals surface area contributed by atoms with E-state index in [4.69, 9.17) is 0 Å². The smallest absolute Gasteiger partial charge is 0.253 e. The summed E-state index contributed by atoms with van der Waals surface area (Å²) < 4.78 is 0.991. The summed E-state index contributed by atoms with van der Waals surface area (Å²) in [5.41, 5.74) is 1.02. The lowest BCUT2D eigenvalue weighted by Gasteiger charge is -2.44. The van der Waals surface area contributed by atoms with Crippen molar-refractivity contribution < 1.29 is 9.59 Å². The molecule has 0 saturated carbocycles. The maximum atomic E-state index is 13.0. The highest BCUT2D eigenvalue weighted by atomic mass is 79.9. The van der Waals surface area contributed by atoms with Crippen LogP contribution < -0.4 is 10.2 Å². The van der Waals surface area contributed by atoms with Gasteiger partial charge in [-0.05, 0) is 50.5 Å². The zero-order valence-corrected chi connectivity index (χ0v) is 14.5. The third-order valence-corrected chi connectivity index (χ3v) is 5.27. The van der Waals surface area contributed by atoms with Gasteiger partial charge < -0.3 is 5.32 Å². The van der Waals surface area contributed by atoms with Crippen LogP contribution in [-0.4, -0.2) is 23.4 Å². The first kappa shape index (κ1) is 16.0. The van der Waals surface area contributed by atoms with Gasteiger partial charge in [-0.1, -0.05) is 29.8 Å². The molecule has 1 unspecified atom stereocenters. The van der Waals surface area contributed by atoms with Gasteiger partial charge in [-0.2, -0.15) is 0 Å². The molecular weight excluding hydrogens is 332 g/mol. The molecule has 2 amide bonds. The Morgan fingerprint density at radius 1 is 1.29 bits per heavy atom. The fourth-order valence-electron chi connectivity index (χ4n) is 2.77. The number of anilines is 1. The third-order valence-electron chi connectivity index (χ3n) is 4.38. The molecule has 1 heterocycles. The number of rotatable bonds is 3. The molecule has 2 rings (SSSR count). The minimum absolute atomic E-state index is 0.0266. The Bertz CT molecular complexity index is 582. The molecule has 1 atom stereocenters. The Labute approximate surface area is 134 Å². The normalized spacial score (nSPS) is 21.4. The number of hydrogen-bond acceptors (Lipinski definition) is 2. The van der Waals surface area contributed by atoms with Gasteiger partial charge in [0.2, 0.25) is 5.91 Å². The summed E-state index contributed by atoms with van der Waals surface area (Å²) in [5.74, 6) is -0.125. The SMILES string of the molecule is CCC1(CC)NC(=O)C(C)N(c2ccc(Br)c(C)c2)C1=O. The number of benzene rings is 1. The summed E-state index contributed by atoms with van der Waals surface area (Å²) in [6.45, 7) is 7.60. The largest absolute Gasteiger partial charge is 0.340 e. The lowest BCUT2D eigenvalue weighted by molar-refractivity contribution is -0.138. The second kappa shape index (κ2) is 5.79. The molecule has 4 nitrogen and oxygen atoms in total. The fraction of sp³-hybridized carbons (Fsp3) is 0.500. The van der Waals surface area contributed by atoms with E-state index in [1.54, 1.807) is 11.8 Å². The van der Waals surface area contributed by atoms with Crippen molar-refractivity contribution in [3.8, 4) is 0 Å². The van der Waals surface area contributed by atoms with Gasteiger partial charge >= 0.3 is 0 Å². The van der Waals surface area contributed by atoms with Gasteiger partial charge in [0.05, 0.1) is 0 Å². The van der Waals surface area contributed by atoms with E-state index in [-0.39, 0.29) is 11.8 Å². The topological polar surface area (TPSA) is 49.4 Å². The standard InChI is InChI=1S/C16H21BrN2O2/c1-5-16(6-2)15(21)19(11(4)14(20)18-16)12-7-8-13(17)10(3)9-12/h7-9,11H,5-6H2,1-4H3,(H,18,20). The number of nitrogens with zero attached hydrogens (tertiary/aromatic N) is 1. The first-order valence-corrected chi connectivity index (χ1v) is 8.07. The molecular formula is C16H21BrN2O2. The minimum Gasteiger partial charge on any atom is -0.340 e. The summed E-state index contributed by atoms with van der Waals surface area (Å²) in [6, 6.07) is 5.23. The van der Waals surface area contributed by atoms with Crippen LogP contribution in [0.2, 0.25) is 0 Å². The van der Waals surface area contributed by atoms with Crippen molar-refractivity contribution in [2.75, 3.05) is 4.90 Å². The minimum atomic E-state index is -0.787. The molecule has 0 aliphatic carbocycles. The van der Waals surface area contributed by atoms with Gasteiger partial charge in [-0.25, -0.2) is 0 Å². The Morgan fingerprint density at radius 2 is 1.90 bits per heavy atom. The third kappa shape index (κ3) is 2.59. The van der Waals surface area contributed by atoms with Crippen molar-refractivity contribution in [1.82, 2.24) is 5.32 Å². The molecule has 1 aliphatic rings. The predicted molar refractivity (Wildman–Crippen MR) is 87.3 cm³/mol. The maximum absolute atomic E-state index is 13.0. The van der Waals surface area contributed by atoms with E-state index in [0.29, 0.717) is 12.8 Å². The Kier molecular flexibility index (Phi) is 4.42. The lowest BCUT2D eigenvalue weighted by atomic mass is 9.87. The van der Waals surface area contributed by atoms with Crippen molar-refractivity contribution in [3.05, 3.63) is 28.2 Å². The van der Waals surface area contributed by atoms with Crippen molar-refractivity contribution >= 4 is 33.4 Å². The van der Waals surface area contributed by atoms with Crippen LogP contribution >= 0.6 is 15.9 Å². The molecule has 0 aromatic heterocycles. The number of nitrogens with one attached hydrogen (secondary N) is 1. The lowest BCUT2D eigenvalue weighted by Crippen LogP contribution is -2.69. The number of aryl methyl sites for hydroxylation is 1. The molecule has 0 bridgehead atoms. The highest BCUT2D eigenvalue weighted by molar-refractivity contribution is 9.10. The number of piperazine rings is 1. The maximum Gasteiger partial charge on any atom is 0.253 e. The predicted octanol–water partition coefficient (Wildman–Crippen LogP) is 3.17. The van der Waals surface area contributed by atoms with E-state index in [9.17, 15) is 9.59 Å². The van der Waals surface area contributed by atoms with Crippen LogP contribution in [0.1, 0.15) is 39.2 Å². The van der Waals surface area contributed by atoms with Crippen molar-refractivity contribution in [2.45, 2.75) is 52.1 Å². The molecule has 114 valence electrons. The molecule has 1 fully saturated rings. The Hall–Kier alpha value is -1.36. The fourth-order valence-corrected chi connectivity index (χ4v) is 3.01. The summed E-state index contributed by atoms with van der Waals surface area (Å²) in [7, 11) is 0. The van der Waals surface area contributed by atoms with E-state index >= 15 is 0 Å². The van der Waals surface area contributed by atoms with Gasteiger partial charge in [0.1, 0.15) is 11.6 Å². The van der Waals surface area contributed by atoms with Crippen LogP contribution in [0.4, 0.5) is 5.69 Å². The zero-order valence-electron chi connectivity index (χ0n) is 12.9. The van der Waals surface area contributed by atoms with E-state index in [2.05, 4.69) is 21.2 Å². The Balaban J connectivity index is 2.50. The van der Waals surface area contributed by atoms with Crippen LogP contribution in [0.25, 0.3) is 0 Å². The number of hydrogen-bond donors (Lipinski definition) is 1. The van der Waals surface area contributed by atoms with E-state index < -0.39 is 11.6 Å². The van der Waals surface area contributed by atoms with Gasteiger partial charge in [0, 0.05) is 10.2 Å². The van der Waals surface area contributed by atoms with Crippen molar-refractivity contribution in [2.24, 2.45) is 0 Å². The van der Waals surface area contributed by atoms with E-state index in [0.717, 1.165) is 15.7 Å². The molecule has 5 heteroatoms. The number of carbonyl (C=O) groups excluding carboxylic acids is 2. The average Bonchev–Trinajstić information content (AvgIpc) is 2.47. The van der Waals surface area contributed by atoms with Crippen molar-refractivity contribution in [3.63, 3.8) is 0 Å². The number of carbonyl (C=O) groups is 2. The monoisotopic (exact) mass is 352 g/mol. The van der Waals surface area contributed by atoms with Gasteiger partial charge in [-0.15, -0.1) is 0 Å².